The second kappa shape index (κ2) is 8.04. The lowest BCUT2D eigenvalue weighted by Gasteiger charge is -2.15. The van der Waals surface area contributed by atoms with Gasteiger partial charge < -0.3 is 20.8 Å². The molecule has 0 aliphatic rings. The van der Waals surface area contributed by atoms with Crippen molar-refractivity contribution in [1.29, 1.82) is 0 Å². The van der Waals surface area contributed by atoms with Gasteiger partial charge in [0.05, 0.1) is 0 Å². The Bertz CT molecular complexity index is 445. The Balaban J connectivity index is 2.54. The average Bonchev–Trinajstić information content (AvgIpc) is 2.40. The molecule has 0 aromatic heterocycles. The number of nitrogens with one attached hydrogen (secondary N) is 2. The van der Waals surface area contributed by atoms with E-state index in [-0.39, 0.29) is 12.2 Å². The summed E-state index contributed by atoms with van der Waals surface area (Å²) in [5.74, 6) is -0.977. The van der Waals surface area contributed by atoms with Crippen LogP contribution in [0.3, 0.4) is 0 Å². The predicted molar refractivity (Wildman–Crippen MR) is 74.7 cm³/mol. The van der Waals surface area contributed by atoms with Crippen LogP contribution in [0.15, 0.2) is 24.3 Å². The van der Waals surface area contributed by atoms with Gasteiger partial charge in [0.15, 0.2) is 0 Å². The number of unbranched alkanes of at least 4 members (excludes halogenated alkanes) is 1. The molecule has 1 atom stereocenters. The first kappa shape index (κ1) is 15.8. The highest BCUT2D eigenvalue weighted by molar-refractivity contribution is 5.82. The Morgan fingerprint density at radius 2 is 1.90 bits per heavy atom. The van der Waals surface area contributed by atoms with Gasteiger partial charge in [-0.1, -0.05) is 25.5 Å². The Hall–Kier alpha value is -2.24. The zero-order chi connectivity index (χ0) is 15.0. The van der Waals surface area contributed by atoms with Crippen LogP contribution in [0.2, 0.25) is 0 Å². The molecule has 4 N–H and O–H groups in total. The fourth-order valence-corrected chi connectivity index (χ4v) is 1.66. The third-order valence-electron chi connectivity index (χ3n) is 2.80. The molecule has 0 spiro atoms. The van der Waals surface area contributed by atoms with Crippen LogP contribution in [0.1, 0.15) is 25.3 Å². The number of phenols is 1. The summed E-state index contributed by atoms with van der Waals surface area (Å²) in [7, 11) is 0. The molecular formula is C14H20N2O4. The molecule has 6 heteroatoms. The highest BCUT2D eigenvalue weighted by Crippen LogP contribution is 2.11. The molecule has 0 fully saturated rings. The van der Waals surface area contributed by atoms with Gasteiger partial charge in [0, 0.05) is 13.0 Å². The molecule has 0 bridgehead atoms. The van der Waals surface area contributed by atoms with Crippen LogP contribution in [-0.2, 0) is 11.2 Å². The Morgan fingerprint density at radius 1 is 1.25 bits per heavy atom. The maximum absolute atomic E-state index is 11.6. The predicted octanol–water partition coefficient (Wildman–Crippen LogP) is 1.49. The first-order valence-corrected chi connectivity index (χ1v) is 6.58. The summed E-state index contributed by atoms with van der Waals surface area (Å²) < 4.78 is 0. The van der Waals surface area contributed by atoms with E-state index in [0.717, 1.165) is 18.4 Å². The molecule has 20 heavy (non-hydrogen) atoms. The van der Waals surface area contributed by atoms with Gasteiger partial charge >= 0.3 is 12.0 Å². The van der Waals surface area contributed by atoms with Gasteiger partial charge in [0.25, 0.3) is 0 Å². The van der Waals surface area contributed by atoms with Gasteiger partial charge in [-0.3, -0.25) is 0 Å². The van der Waals surface area contributed by atoms with Crippen molar-refractivity contribution < 1.29 is 19.8 Å². The van der Waals surface area contributed by atoms with Gasteiger partial charge in [-0.15, -0.1) is 0 Å². The number of aliphatic carboxylic acids is 1. The minimum Gasteiger partial charge on any atom is -0.508 e. The zero-order valence-corrected chi connectivity index (χ0v) is 11.4. The van der Waals surface area contributed by atoms with Crippen molar-refractivity contribution in [2.24, 2.45) is 0 Å². The number of urea groups is 1. The number of rotatable bonds is 7. The quantitative estimate of drug-likeness (QED) is 0.569. The smallest absolute Gasteiger partial charge is 0.326 e. The van der Waals surface area contributed by atoms with Gasteiger partial charge in [-0.05, 0) is 24.1 Å². The van der Waals surface area contributed by atoms with E-state index in [9.17, 15) is 9.59 Å². The molecular weight excluding hydrogens is 260 g/mol. The lowest BCUT2D eigenvalue weighted by molar-refractivity contribution is -0.139. The molecule has 0 saturated heterocycles. The molecule has 2 amide bonds. The van der Waals surface area contributed by atoms with Gasteiger partial charge in [-0.2, -0.15) is 0 Å². The summed E-state index contributed by atoms with van der Waals surface area (Å²) in [6.07, 6.45) is 1.97. The first-order chi connectivity index (χ1) is 9.52. The molecule has 1 unspecified atom stereocenters. The van der Waals surface area contributed by atoms with E-state index < -0.39 is 18.0 Å². The van der Waals surface area contributed by atoms with Gasteiger partial charge in [0.2, 0.25) is 0 Å². The van der Waals surface area contributed by atoms with E-state index in [2.05, 4.69) is 10.6 Å². The molecule has 0 saturated carbocycles. The summed E-state index contributed by atoms with van der Waals surface area (Å²) in [5, 5.41) is 23.3. The van der Waals surface area contributed by atoms with Crippen molar-refractivity contribution in [3.05, 3.63) is 29.8 Å². The monoisotopic (exact) mass is 280 g/mol. The summed E-state index contributed by atoms with van der Waals surface area (Å²) in [4.78, 5) is 22.7. The Morgan fingerprint density at radius 3 is 2.45 bits per heavy atom. The van der Waals surface area contributed by atoms with Crippen LogP contribution in [-0.4, -0.2) is 34.8 Å². The van der Waals surface area contributed by atoms with Gasteiger partial charge in [0.1, 0.15) is 11.8 Å². The molecule has 1 rings (SSSR count). The van der Waals surface area contributed by atoms with E-state index in [1.165, 1.54) is 12.1 Å². The number of carboxylic acid groups (broad SMARTS) is 1. The van der Waals surface area contributed by atoms with E-state index in [1.807, 2.05) is 6.92 Å². The minimum atomic E-state index is -1.09. The highest BCUT2D eigenvalue weighted by Gasteiger charge is 2.20. The van der Waals surface area contributed by atoms with Gasteiger partial charge in [-0.25, -0.2) is 9.59 Å². The first-order valence-electron chi connectivity index (χ1n) is 6.58. The largest absolute Gasteiger partial charge is 0.508 e. The number of amides is 2. The number of hydrogen-bond acceptors (Lipinski definition) is 3. The number of carbonyl (C=O) groups is 2. The average molecular weight is 280 g/mol. The second-order valence-electron chi connectivity index (χ2n) is 4.52. The van der Waals surface area contributed by atoms with Crippen molar-refractivity contribution in [2.45, 2.75) is 32.2 Å². The highest BCUT2D eigenvalue weighted by atomic mass is 16.4. The molecule has 0 aliphatic carbocycles. The van der Waals surface area contributed by atoms with Crippen LogP contribution in [0.5, 0.6) is 5.75 Å². The van der Waals surface area contributed by atoms with Crippen LogP contribution < -0.4 is 10.6 Å². The summed E-state index contributed by atoms with van der Waals surface area (Å²) in [6, 6.07) is 4.74. The molecule has 1 aromatic carbocycles. The molecule has 110 valence electrons. The van der Waals surface area contributed by atoms with Crippen molar-refractivity contribution >= 4 is 12.0 Å². The third kappa shape index (κ3) is 5.60. The molecule has 0 aliphatic heterocycles. The molecule has 0 heterocycles. The third-order valence-corrected chi connectivity index (χ3v) is 2.80. The van der Waals surface area contributed by atoms with Crippen LogP contribution in [0.25, 0.3) is 0 Å². The van der Waals surface area contributed by atoms with Crippen LogP contribution in [0, 0.1) is 0 Å². The fraction of sp³-hybridized carbons (Fsp3) is 0.429. The normalized spacial score (nSPS) is 11.7. The second-order valence-corrected chi connectivity index (χ2v) is 4.52. The van der Waals surface area contributed by atoms with E-state index >= 15 is 0 Å². The number of carboxylic acids is 1. The van der Waals surface area contributed by atoms with Crippen molar-refractivity contribution in [2.75, 3.05) is 6.54 Å². The van der Waals surface area contributed by atoms with Crippen molar-refractivity contribution in [1.82, 2.24) is 10.6 Å². The fourth-order valence-electron chi connectivity index (χ4n) is 1.66. The Labute approximate surface area is 117 Å². The number of benzene rings is 1. The number of aromatic hydroxyl groups is 1. The topological polar surface area (TPSA) is 98.7 Å². The number of phenolic OH excluding ortho intramolecular Hbond substituents is 1. The van der Waals surface area contributed by atoms with E-state index in [4.69, 9.17) is 10.2 Å². The molecule has 6 nitrogen and oxygen atoms in total. The SMILES string of the molecule is CCCCNC(=O)NC(Cc1ccc(O)cc1)C(=O)O. The standard InChI is InChI=1S/C14H20N2O4/c1-2-3-8-15-14(20)16-12(13(18)19)9-10-4-6-11(17)7-5-10/h4-7,12,17H,2-3,8-9H2,1H3,(H,18,19)(H2,15,16,20). The van der Waals surface area contributed by atoms with E-state index in [1.54, 1.807) is 12.1 Å². The maximum Gasteiger partial charge on any atom is 0.326 e. The number of hydrogen-bond donors (Lipinski definition) is 4. The van der Waals surface area contributed by atoms with Crippen LogP contribution >= 0.6 is 0 Å². The van der Waals surface area contributed by atoms with Crippen molar-refractivity contribution in [3.8, 4) is 5.75 Å². The maximum atomic E-state index is 11.6. The summed E-state index contributed by atoms with van der Waals surface area (Å²) in [5.41, 5.74) is 0.726. The lowest BCUT2D eigenvalue weighted by Crippen LogP contribution is -2.47. The van der Waals surface area contributed by atoms with Crippen molar-refractivity contribution in [3.63, 3.8) is 0 Å². The summed E-state index contributed by atoms with van der Waals surface area (Å²) in [6.45, 7) is 2.53. The minimum absolute atomic E-state index is 0.117. The molecule has 1 aromatic rings. The zero-order valence-electron chi connectivity index (χ0n) is 11.4. The lowest BCUT2D eigenvalue weighted by atomic mass is 10.1. The number of carbonyl (C=O) groups excluding carboxylic acids is 1. The molecule has 0 radical (unpaired) electrons. The Kier molecular flexibility index (Phi) is 6.36. The summed E-state index contributed by atoms with van der Waals surface area (Å²) >= 11 is 0. The van der Waals surface area contributed by atoms with E-state index in [0.29, 0.717) is 6.54 Å². The van der Waals surface area contributed by atoms with Crippen LogP contribution in [0.4, 0.5) is 4.79 Å².